The second-order valence-electron chi connectivity index (χ2n) is 6.29. The summed E-state index contributed by atoms with van der Waals surface area (Å²) in [5.41, 5.74) is 4.53. The molecule has 2 amide bonds. The first kappa shape index (κ1) is 22.0. The summed E-state index contributed by atoms with van der Waals surface area (Å²) in [6.45, 7) is 0.806. The van der Waals surface area contributed by atoms with Crippen LogP contribution in [0.4, 0.5) is 0 Å². The molecule has 1 heterocycles. The van der Waals surface area contributed by atoms with Crippen molar-refractivity contribution in [2.75, 3.05) is 32.9 Å². The van der Waals surface area contributed by atoms with Crippen LogP contribution >= 0.6 is 11.6 Å². The van der Waals surface area contributed by atoms with Crippen molar-refractivity contribution < 1.29 is 27.5 Å². The van der Waals surface area contributed by atoms with Gasteiger partial charge in [0, 0.05) is 23.7 Å². The molecule has 0 atom stereocenters. The van der Waals surface area contributed by atoms with E-state index < -0.39 is 21.8 Å². The third-order valence-corrected chi connectivity index (χ3v) is 6.32. The molecule has 160 valence electrons. The quantitative estimate of drug-likeness (QED) is 0.635. The first-order valence-corrected chi connectivity index (χ1v) is 10.8. The molecule has 9 nitrogen and oxygen atoms in total. The molecular weight excluding hydrogens is 434 g/mol. The Bertz CT molecular complexity index is 1020. The Hall–Kier alpha value is -2.66. The minimum atomic E-state index is -3.74. The number of amides is 2. The number of halogens is 1. The van der Waals surface area contributed by atoms with Gasteiger partial charge in [-0.15, -0.1) is 0 Å². The number of morpholine rings is 1. The molecule has 0 aromatic heterocycles. The van der Waals surface area contributed by atoms with Crippen LogP contribution in [-0.2, 0) is 19.6 Å². The van der Waals surface area contributed by atoms with Crippen molar-refractivity contribution in [2.45, 2.75) is 4.90 Å². The molecule has 1 fully saturated rings. The number of sulfonamides is 1. The van der Waals surface area contributed by atoms with Crippen LogP contribution in [0.25, 0.3) is 0 Å². The summed E-state index contributed by atoms with van der Waals surface area (Å²) in [6.07, 6.45) is 0. The lowest BCUT2D eigenvalue weighted by Gasteiger charge is -2.26. The number of ether oxygens (including phenoxy) is 2. The van der Waals surface area contributed by atoms with Crippen LogP contribution < -0.4 is 15.6 Å². The van der Waals surface area contributed by atoms with Crippen LogP contribution in [0.5, 0.6) is 5.75 Å². The Kier molecular flexibility index (Phi) is 7.27. The molecule has 0 unspecified atom stereocenters. The standard InChI is InChI=1S/C19H20ClN3O6S/c20-15-4-2-5-16(12-15)29-13-18(24)21-22-19(25)14-3-1-6-17(11-14)30(26,27)23-7-9-28-10-8-23/h1-6,11-12H,7-10,13H2,(H,21,24)(H,22,25). The second kappa shape index (κ2) is 9.90. The number of hydrogen-bond acceptors (Lipinski definition) is 6. The number of nitrogens with one attached hydrogen (secondary N) is 2. The van der Waals surface area contributed by atoms with Crippen molar-refractivity contribution in [1.29, 1.82) is 0 Å². The summed E-state index contributed by atoms with van der Waals surface area (Å²) in [7, 11) is -3.74. The number of nitrogens with zero attached hydrogens (tertiary/aromatic N) is 1. The third kappa shape index (κ3) is 5.70. The normalized spacial score (nSPS) is 14.7. The van der Waals surface area contributed by atoms with Crippen LogP contribution in [0.1, 0.15) is 10.4 Å². The summed E-state index contributed by atoms with van der Waals surface area (Å²) in [5, 5.41) is 0.466. The molecule has 3 rings (SSSR count). The number of benzene rings is 2. The predicted octanol–water partition coefficient (Wildman–Crippen LogP) is 1.20. The van der Waals surface area contributed by atoms with E-state index in [4.69, 9.17) is 21.1 Å². The Labute approximate surface area is 178 Å². The number of rotatable bonds is 6. The van der Waals surface area contributed by atoms with E-state index in [2.05, 4.69) is 10.9 Å². The van der Waals surface area contributed by atoms with Gasteiger partial charge < -0.3 is 9.47 Å². The molecule has 2 aromatic carbocycles. The smallest absolute Gasteiger partial charge is 0.276 e. The third-order valence-electron chi connectivity index (χ3n) is 4.19. The molecule has 30 heavy (non-hydrogen) atoms. The first-order chi connectivity index (χ1) is 14.4. The zero-order chi connectivity index (χ0) is 21.6. The maximum atomic E-state index is 12.7. The van der Waals surface area contributed by atoms with Crippen molar-refractivity contribution in [2.24, 2.45) is 0 Å². The number of hydrogen-bond donors (Lipinski definition) is 2. The van der Waals surface area contributed by atoms with Gasteiger partial charge >= 0.3 is 0 Å². The van der Waals surface area contributed by atoms with Gasteiger partial charge in [0.05, 0.1) is 18.1 Å². The van der Waals surface area contributed by atoms with Crippen molar-refractivity contribution in [1.82, 2.24) is 15.2 Å². The predicted molar refractivity (Wildman–Crippen MR) is 109 cm³/mol. The van der Waals surface area contributed by atoms with E-state index in [0.717, 1.165) is 0 Å². The first-order valence-electron chi connectivity index (χ1n) is 9.02. The molecule has 11 heteroatoms. The number of carbonyl (C=O) groups is 2. The van der Waals surface area contributed by atoms with Gasteiger partial charge in [-0.3, -0.25) is 20.4 Å². The van der Waals surface area contributed by atoms with Crippen LogP contribution in [0.15, 0.2) is 53.4 Å². The molecule has 0 bridgehead atoms. The Balaban J connectivity index is 1.56. The monoisotopic (exact) mass is 453 g/mol. The lowest BCUT2D eigenvalue weighted by molar-refractivity contribution is -0.123. The average molecular weight is 454 g/mol. The Morgan fingerprint density at radius 3 is 2.53 bits per heavy atom. The highest BCUT2D eigenvalue weighted by Gasteiger charge is 2.26. The maximum Gasteiger partial charge on any atom is 0.276 e. The Morgan fingerprint density at radius 1 is 1.07 bits per heavy atom. The molecule has 1 aliphatic heterocycles. The lowest BCUT2D eigenvalue weighted by Crippen LogP contribution is -2.44. The van der Waals surface area contributed by atoms with Gasteiger partial charge in [0.2, 0.25) is 10.0 Å². The fourth-order valence-electron chi connectivity index (χ4n) is 2.67. The molecule has 0 saturated carbocycles. The van der Waals surface area contributed by atoms with Gasteiger partial charge in [-0.05, 0) is 36.4 Å². The minimum Gasteiger partial charge on any atom is -0.484 e. The van der Waals surface area contributed by atoms with Crippen LogP contribution in [0.3, 0.4) is 0 Å². The largest absolute Gasteiger partial charge is 0.484 e. The van der Waals surface area contributed by atoms with Crippen molar-refractivity contribution >= 4 is 33.4 Å². The summed E-state index contributed by atoms with van der Waals surface area (Å²) >= 11 is 5.84. The topological polar surface area (TPSA) is 114 Å². The molecule has 2 aromatic rings. The minimum absolute atomic E-state index is 0.00679. The molecule has 0 radical (unpaired) electrons. The highest BCUT2D eigenvalue weighted by molar-refractivity contribution is 7.89. The van der Waals surface area contributed by atoms with E-state index in [1.54, 1.807) is 24.3 Å². The van der Waals surface area contributed by atoms with Crippen LogP contribution in [-0.4, -0.2) is 57.4 Å². The molecule has 2 N–H and O–H groups in total. The van der Waals surface area contributed by atoms with E-state index in [1.807, 2.05) is 0 Å². The summed E-state index contributed by atoms with van der Waals surface area (Å²) in [6, 6.07) is 12.1. The van der Waals surface area contributed by atoms with Crippen molar-refractivity contribution in [3.63, 3.8) is 0 Å². The lowest BCUT2D eigenvalue weighted by atomic mass is 10.2. The van der Waals surface area contributed by atoms with Gasteiger partial charge in [0.15, 0.2) is 6.61 Å². The van der Waals surface area contributed by atoms with Gasteiger partial charge in [0.25, 0.3) is 11.8 Å². The molecule has 1 aliphatic rings. The molecular formula is C19H20ClN3O6S. The van der Waals surface area contributed by atoms with Gasteiger partial charge in [-0.25, -0.2) is 8.42 Å². The SMILES string of the molecule is O=C(COc1cccc(Cl)c1)NNC(=O)c1cccc(S(=O)(=O)N2CCOCC2)c1. The number of carbonyl (C=O) groups excluding carboxylic acids is 2. The zero-order valence-electron chi connectivity index (χ0n) is 15.8. The fraction of sp³-hybridized carbons (Fsp3) is 0.263. The van der Waals surface area contributed by atoms with Gasteiger partial charge in [-0.1, -0.05) is 23.7 Å². The van der Waals surface area contributed by atoms with E-state index in [9.17, 15) is 18.0 Å². The van der Waals surface area contributed by atoms with Crippen molar-refractivity contribution in [3.8, 4) is 5.75 Å². The fourth-order valence-corrected chi connectivity index (χ4v) is 4.31. The Morgan fingerprint density at radius 2 is 1.80 bits per heavy atom. The maximum absolute atomic E-state index is 12.7. The van der Waals surface area contributed by atoms with E-state index in [0.29, 0.717) is 24.0 Å². The van der Waals surface area contributed by atoms with Gasteiger partial charge in [-0.2, -0.15) is 4.31 Å². The molecule has 0 spiro atoms. The summed E-state index contributed by atoms with van der Waals surface area (Å²) in [4.78, 5) is 24.2. The van der Waals surface area contributed by atoms with Crippen LogP contribution in [0.2, 0.25) is 5.02 Å². The second-order valence-corrected chi connectivity index (χ2v) is 8.67. The van der Waals surface area contributed by atoms with E-state index >= 15 is 0 Å². The molecule has 0 aliphatic carbocycles. The summed E-state index contributed by atoms with van der Waals surface area (Å²) < 4.78 is 37.2. The van der Waals surface area contributed by atoms with E-state index in [1.165, 1.54) is 28.6 Å². The highest BCUT2D eigenvalue weighted by atomic mass is 35.5. The van der Waals surface area contributed by atoms with Crippen LogP contribution in [0, 0.1) is 0 Å². The van der Waals surface area contributed by atoms with Gasteiger partial charge in [0.1, 0.15) is 5.75 Å². The van der Waals surface area contributed by atoms with E-state index in [-0.39, 0.29) is 30.2 Å². The van der Waals surface area contributed by atoms with Crippen molar-refractivity contribution in [3.05, 3.63) is 59.1 Å². The zero-order valence-corrected chi connectivity index (χ0v) is 17.4. The molecule has 1 saturated heterocycles. The average Bonchev–Trinajstić information content (AvgIpc) is 2.77. The summed E-state index contributed by atoms with van der Waals surface area (Å²) in [5.74, 6) is -0.851. The highest BCUT2D eigenvalue weighted by Crippen LogP contribution is 2.18. The number of hydrazine groups is 1.